The second kappa shape index (κ2) is 13.6. The van der Waals surface area contributed by atoms with E-state index in [0.29, 0.717) is 6.29 Å². The van der Waals surface area contributed by atoms with Gasteiger partial charge in [0.25, 0.3) is 0 Å². The van der Waals surface area contributed by atoms with E-state index in [9.17, 15) is 24.0 Å². The minimum atomic E-state index is -1.44. The maximum absolute atomic E-state index is 11.9. The molecule has 2 N–H and O–H groups in total. The average Bonchev–Trinajstić information content (AvgIpc) is 2.71. The molecular formula is C18H29NO9. The Morgan fingerprint density at radius 3 is 1.61 bits per heavy atom. The number of hydrogen-bond acceptors (Lipinski definition) is 10. The van der Waals surface area contributed by atoms with Crippen LogP contribution < -0.4 is 5.73 Å². The lowest BCUT2D eigenvalue weighted by Gasteiger charge is -2.33. The molecule has 0 radical (unpaired) electrons. The zero-order chi connectivity index (χ0) is 21.7. The van der Waals surface area contributed by atoms with Crippen molar-refractivity contribution in [3.8, 4) is 0 Å². The highest BCUT2D eigenvalue weighted by molar-refractivity contribution is 5.72. The number of esters is 4. The number of carbonyl (C=O) groups excluding carboxylic acids is 5. The monoisotopic (exact) mass is 403 g/mol. The Bertz CT molecular complexity index is 549. The van der Waals surface area contributed by atoms with E-state index in [-0.39, 0.29) is 25.7 Å². The summed E-state index contributed by atoms with van der Waals surface area (Å²) in [7, 11) is 0. The summed E-state index contributed by atoms with van der Waals surface area (Å²) < 4.78 is 20.7. The molecule has 0 aliphatic rings. The Balaban J connectivity index is 5.91. The molecule has 0 aliphatic heterocycles. The number of ether oxygens (including phenoxy) is 4. The van der Waals surface area contributed by atoms with Crippen molar-refractivity contribution in [3.63, 3.8) is 0 Å². The molecule has 4 atom stereocenters. The van der Waals surface area contributed by atoms with Gasteiger partial charge < -0.3 is 29.5 Å². The molecule has 160 valence electrons. The molecule has 0 heterocycles. The quantitative estimate of drug-likeness (QED) is 0.261. The third-order valence-electron chi connectivity index (χ3n) is 3.61. The van der Waals surface area contributed by atoms with Crippen LogP contribution in [0.2, 0.25) is 0 Å². The van der Waals surface area contributed by atoms with Crippen LogP contribution in [0.15, 0.2) is 0 Å². The van der Waals surface area contributed by atoms with Gasteiger partial charge in [0.05, 0.1) is 0 Å². The SMILES string of the molecule is CCC(=O)OC[C@@H](OC(=O)CC)[C@@H](OC(=O)CC)[C@H](OC(=O)CC)[C@@H](N)C=O. The van der Waals surface area contributed by atoms with E-state index in [4.69, 9.17) is 24.7 Å². The predicted molar refractivity (Wildman–Crippen MR) is 95.8 cm³/mol. The summed E-state index contributed by atoms with van der Waals surface area (Å²) in [5, 5.41) is 0. The molecular weight excluding hydrogens is 374 g/mol. The molecule has 10 heteroatoms. The Hall–Kier alpha value is -2.49. The van der Waals surface area contributed by atoms with Crippen molar-refractivity contribution in [1.82, 2.24) is 0 Å². The van der Waals surface area contributed by atoms with Gasteiger partial charge in [-0.05, 0) is 0 Å². The van der Waals surface area contributed by atoms with Gasteiger partial charge in [-0.3, -0.25) is 19.2 Å². The molecule has 0 aliphatic carbocycles. The molecule has 10 nitrogen and oxygen atoms in total. The summed E-state index contributed by atoms with van der Waals surface area (Å²) in [6.45, 7) is 5.69. The van der Waals surface area contributed by atoms with Gasteiger partial charge in [-0.15, -0.1) is 0 Å². The van der Waals surface area contributed by atoms with Crippen LogP contribution in [0, 0.1) is 0 Å². The van der Waals surface area contributed by atoms with Gasteiger partial charge in [0, 0.05) is 25.7 Å². The van der Waals surface area contributed by atoms with Gasteiger partial charge in [-0.1, -0.05) is 27.7 Å². The van der Waals surface area contributed by atoms with Crippen molar-refractivity contribution in [1.29, 1.82) is 0 Å². The largest absolute Gasteiger partial charge is 0.462 e. The highest BCUT2D eigenvalue weighted by atomic mass is 16.6. The standard InChI is InChI=1S/C18H29NO9/c1-5-13(21)25-10-12(26-14(22)6-2)18(28-16(24)8-4)17(11(19)9-20)27-15(23)7-3/h9,11-12,17-18H,5-8,10,19H2,1-4H3/t11-,12+,17+,18+/m0/s1. The van der Waals surface area contributed by atoms with Gasteiger partial charge in [-0.2, -0.15) is 0 Å². The van der Waals surface area contributed by atoms with Crippen molar-refractivity contribution in [2.24, 2.45) is 5.73 Å². The van der Waals surface area contributed by atoms with Crippen molar-refractivity contribution in [3.05, 3.63) is 0 Å². The van der Waals surface area contributed by atoms with E-state index < -0.39 is 54.8 Å². The van der Waals surface area contributed by atoms with Crippen molar-refractivity contribution < 1.29 is 42.9 Å². The fourth-order valence-electron chi connectivity index (χ4n) is 1.99. The Morgan fingerprint density at radius 1 is 0.750 bits per heavy atom. The second-order valence-electron chi connectivity index (χ2n) is 5.75. The van der Waals surface area contributed by atoms with Crippen LogP contribution in [0.1, 0.15) is 53.4 Å². The van der Waals surface area contributed by atoms with Crippen LogP contribution in [0.25, 0.3) is 0 Å². The molecule has 0 amide bonds. The van der Waals surface area contributed by atoms with Crippen LogP contribution >= 0.6 is 0 Å². The Morgan fingerprint density at radius 2 is 1.18 bits per heavy atom. The third-order valence-corrected chi connectivity index (χ3v) is 3.61. The number of nitrogens with two attached hydrogens (primary N) is 1. The van der Waals surface area contributed by atoms with Crippen LogP contribution in [-0.4, -0.2) is 61.1 Å². The molecule has 0 unspecified atom stereocenters. The topological polar surface area (TPSA) is 148 Å². The maximum atomic E-state index is 11.9. The lowest BCUT2D eigenvalue weighted by molar-refractivity contribution is -0.193. The highest BCUT2D eigenvalue weighted by Gasteiger charge is 2.41. The number of hydrogen-bond donors (Lipinski definition) is 1. The molecule has 0 rings (SSSR count). The zero-order valence-corrected chi connectivity index (χ0v) is 16.7. The first-order valence-corrected chi connectivity index (χ1v) is 9.18. The van der Waals surface area contributed by atoms with E-state index in [1.807, 2.05) is 0 Å². The molecule has 0 aromatic carbocycles. The zero-order valence-electron chi connectivity index (χ0n) is 16.7. The molecule has 0 saturated carbocycles. The fourth-order valence-corrected chi connectivity index (χ4v) is 1.99. The molecule has 0 spiro atoms. The van der Waals surface area contributed by atoms with Crippen molar-refractivity contribution in [2.45, 2.75) is 77.7 Å². The van der Waals surface area contributed by atoms with E-state index in [0.717, 1.165) is 0 Å². The van der Waals surface area contributed by atoms with Crippen LogP contribution in [0.4, 0.5) is 0 Å². The first-order valence-electron chi connectivity index (χ1n) is 9.18. The predicted octanol–water partition coefficient (Wildman–Crippen LogP) is 0.431. The maximum Gasteiger partial charge on any atom is 0.306 e. The lowest BCUT2D eigenvalue weighted by atomic mass is 10.0. The van der Waals surface area contributed by atoms with Crippen LogP contribution in [0.3, 0.4) is 0 Å². The van der Waals surface area contributed by atoms with Crippen molar-refractivity contribution in [2.75, 3.05) is 6.61 Å². The van der Waals surface area contributed by atoms with Crippen molar-refractivity contribution >= 4 is 30.2 Å². The number of aldehydes is 1. The van der Waals surface area contributed by atoms with E-state index in [1.54, 1.807) is 6.92 Å². The number of carbonyl (C=O) groups is 5. The first-order chi connectivity index (χ1) is 13.2. The van der Waals surface area contributed by atoms with Gasteiger partial charge in [-0.25, -0.2) is 0 Å². The molecule has 0 aromatic heterocycles. The van der Waals surface area contributed by atoms with Gasteiger partial charge in [0.15, 0.2) is 18.3 Å². The van der Waals surface area contributed by atoms with Crippen LogP contribution in [-0.2, 0) is 42.9 Å². The summed E-state index contributed by atoms with van der Waals surface area (Å²) >= 11 is 0. The minimum absolute atomic E-state index is 0.00812. The average molecular weight is 403 g/mol. The van der Waals surface area contributed by atoms with Crippen LogP contribution in [0.5, 0.6) is 0 Å². The summed E-state index contributed by atoms with van der Waals surface area (Å²) in [5.74, 6) is -2.67. The summed E-state index contributed by atoms with van der Waals surface area (Å²) in [4.78, 5) is 58.3. The van der Waals surface area contributed by atoms with Gasteiger partial charge >= 0.3 is 23.9 Å². The van der Waals surface area contributed by atoms with E-state index in [2.05, 4.69) is 0 Å². The summed E-state index contributed by atoms with van der Waals surface area (Å²) in [6, 6.07) is -1.37. The first kappa shape index (κ1) is 25.5. The van der Waals surface area contributed by atoms with Gasteiger partial charge in [0.1, 0.15) is 18.9 Å². The molecule has 28 heavy (non-hydrogen) atoms. The lowest BCUT2D eigenvalue weighted by Crippen LogP contribution is -2.55. The highest BCUT2D eigenvalue weighted by Crippen LogP contribution is 2.18. The van der Waals surface area contributed by atoms with E-state index >= 15 is 0 Å². The summed E-state index contributed by atoms with van der Waals surface area (Å²) in [6.07, 6.45) is -3.89. The smallest absolute Gasteiger partial charge is 0.306 e. The Labute approximate surface area is 164 Å². The third kappa shape index (κ3) is 8.94. The molecule has 0 fully saturated rings. The van der Waals surface area contributed by atoms with E-state index in [1.165, 1.54) is 20.8 Å². The minimum Gasteiger partial charge on any atom is -0.462 e. The normalized spacial score (nSPS) is 14.8. The fraction of sp³-hybridized carbons (Fsp3) is 0.722. The molecule has 0 saturated heterocycles. The number of rotatable bonds is 13. The van der Waals surface area contributed by atoms with Gasteiger partial charge in [0.2, 0.25) is 0 Å². The second-order valence-corrected chi connectivity index (χ2v) is 5.75. The molecule has 0 aromatic rings. The summed E-state index contributed by atoms with van der Waals surface area (Å²) in [5.41, 5.74) is 5.74. The Kier molecular flexibility index (Phi) is 12.4. The molecule has 0 bridgehead atoms.